The van der Waals surface area contributed by atoms with Gasteiger partial charge in [-0.25, -0.2) is 4.98 Å². The van der Waals surface area contributed by atoms with Gasteiger partial charge in [0.1, 0.15) is 5.56 Å². The first-order valence-corrected chi connectivity index (χ1v) is 6.12. The molecule has 1 heterocycles. The molecule has 7 heteroatoms. The highest BCUT2D eigenvalue weighted by Crippen LogP contribution is 2.17. The number of carbonyl (C=O) groups excluding carboxylic acids is 1. The number of rotatable bonds is 5. The van der Waals surface area contributed by atoms with Gasteiger partial charge in [0, 0.05) is 24.9 Å². The zero-order valence-electron chi connectivity index (χ0n) is 11.3. The number of amides is 1. The van der Waals surface area contributed by atoms with Crippen molar-refractivity contribution in [2.24, 2.45) is 0 Å². The Morgan fingerprint density at radius 1 is 1.33 bits per heavy atom. The summed E-state index contributed by atoms with van der Waals surface area (Å²) in [5, 5.41) is 13.5. The Bertz CT molecular complexity index is 656. The quantitative estimate of drug-likeness (QED) is 0.669. The van der Waals surface area contributed by atoms with Gasteiger partial charge in [-0.05, 0) is 11.6 Å². The molecule has 1 aromatic heterocycles. The molecule has 21 heavy (non-hydrogen) atoms. The van der Waals surface area contributed by atoms with Gasteiger partial charge in [-0.1, -0.05) is 18.2 Å². The fraction of sp³-hybridized carbons (Fsp3) is 0.143. The van der Waals surface area contributed by atoms with Crippen molar-refractivity contribution in [3.05, 3.63) is 63.8 Å². The van der Waals surface area contributed by atoms with E-state index < -0.39 is 10.8 Å². The van der Waals surface area contributed by atoms with Gasteiger partial charge in [0.15, 0.2) is 0 Å². The van der Waals surface area contributed by atoms with Gasteiger partial charge in [-0.3, -0.25) is 14.9 Å². The summed E-state index contributed by atoms with van der Waals surface area (Å²) in [4.78, 5) is 26.3. The van der Waals surface area contributed by atoms with Crippen molar-refractivity contribution in [1.29, 1.82) is 0 Å². The molecule has 1 N–H and O–H groups in total. The average Bonchev–Trinajstić information content (AvgIpc) is 2.53. The lowest BCUT2D eigenvalue weighted by Gasteiger charge is -2.06. The van der Waals surface area contributed by atoms with Crippen LogP contribution in [0.5, 0.6) is 5.88 Å². The molecule has 0 saturated heterocycles. The Balaban J connectivity index is 2.06. The Morgan fingerprint density at radius 3 is 2.71 bits per heavy atom. The van der Waals surface area contributed by atoms with E-state index in [0.717, 1.165) is 5.56 Å². The number of nitro benzene ring substituents is 1. The van der Waals surface area contributed by atoms with Gasteiger partial charge < -0.3 is 10.1 Å². The molecule has 1 amide bonds. The molecule has 0 unspecified atom stereocenters. The van der Waals surface area contributed by atoms with Crippen LogP contribution in [0, 0.1) is 10.1 Å². The third kappa shape index (κ3) is 3.53. The van der Waals surface area contributed by atoms with E-state index in [2.05, 4.69) is 10.3 Å². The van der Waals surface area contributed by atoms with E-state index in [-0.39, 0.29) is 17.8 Å². The molecule has 0 bridgehead atoms. The summed E-state index contributed by atoms with van der Waals surface area (Å²) in [7, 11) is 1.51. The Labute approximate surface area is 120 Å². The summed E-state index contributed by atoms with van der Waals surface area (Å²) >= 11 is 0. The van der Waals surface area contributed by atoms with Crippen molar-refractivity contribution < 1.29 is 14.5 Å². The van der Waals surface area contributed by atoms with E-state index in [9.17, 15) is 14.9 Å². The zero-order valence-corrected chi connectivity index (χ0v) is 11.3. The standard InChI is InChI=1S/C14H13N3O4/c1-21-13-7-6-10(8-15-13)9-16-14(18)11-4-2-3-5-12(11)17(19)20/h2-8H,9H2,1H3,(H,16,18). The molecule has 0 aliphatic heterocycles. The fourth-order valence-corrected chi connectivity index (χ4v) is 1.74. The SMILES string of the molecule is COc1ccc(CNC(=O)c2ccccc2[N+](=O)[O-])cn1. The second-order valence-electron chi connectivity index (χ2n) is 4.17. The second-order valence-corrected chi connectivity index (χ2v) is 4.17. The molecular weight excluding hydrogens is 274 g/mol. The van der Waals surface area contributed by atoms with Gasteiger partial charge in [0.2, 0.25) is 5.88 Å². The molecule has 0 aliphatic carbocycles. The van der Waals surface area contributed by atoms with Crippen molar-refractivity contribution in [1.82, 2.24) is 10.3 Å². The highest BCUT2D eigenvalue weighted by atomic mass is 16.6. The molecule has 2 aromatic rings. The van der Waals surface area contributed by atoms with Gasteiger partial charge >= 0.3 is 0 Å². The van der Waals surface area contributed by atoms with Crippen LogP contribution in [-0.2, 0) is 6.54 Å². The first-order chi connectivity index (χ1) is 10.1. The number of hydrogen-bond donors (Lipinski definition) is 1. The highest BCUT2D eigenvalue weighted by molar-refractivity contribution is 5.98. The molecule has 0 spiro atoms. The minimum absolute atomic E-state index is 0.0315. The topological polar surface area (TPSA) is 94.4 Å². The number of nitrogens with one attached hydrogen (secondary N) is 1. The predicted molar refractivity (Wildman–Crippen MR) is 75.1 cm³/mol. The van der Waals surface area contributed by atoms with Crippen LogP contribution < -0.4 is 10.1 Å². The Morgan fingerprint density at radius 2 is 2.10 bits per heavy atom. The smallest absolute Gasteiger partial charge is 0.282 e. The maximum Gasteiger partial charge on any atom is 0.282 e. The normalized spacial score (nSPS) is 9.95. The zero-order chi connectivity index (χ0) is 15.2. The van der Waals surface area contributed by atoms with Crippen molar-refractivity contribution in [2.75, 3.05) is 7.11 Å². The van der Waals surface area contributed by atoms with Crippen molar-refractivity contribution in [3.63, 3.8) is 0 Å². The van der Waals surface area contributed by atoms with E-state index in [1.165, 1.54) is 25.3 Å². The van der Waals surface area contributed by atoms with Crippen molar-refractivity contribution in [2.45, 2.75) is 6.54 Å². The molecule has 0 atom stereocenters. The molecule has 108 valence electrons. The average molecular weight is 287 g/mol. The third-order valence-electron chi connectivity index (χ3n) is 2.81. The van der Waals surface area contributed by atoms with Gasteiger partial charge in [-0.2, -0.15) is 0 Å². The number of methoxy groups -OCH3 is 1. The van der Waals surface area contributed by atoms with E-state index in [0.29, 0.717) is 5.88 Å². The van der Waals surface area contributed by atoms with E-state index in [4.69, 9.17) is 4.74 Å². The number of aromatic nitrogens is 1. The summed E-state index contributed by atoms with van der Waals surface area (Å²) in [5.74, 6) is -0.0260. The number of benzene rings is 1. The molecular formula is C14H13N3O4. The van der Waals surface area contributed by atoms with Crippen LogP contribution in [0.15, 0.2) is 42.6 Å². The van der Waals surface area contributed by atoms with E-state index in [1.54, 1.807) is 24.4 Å². The summed E-state index contributed by atoms with van der Waals surface area (Å²) in [6.07, 6.45) is 1.57. The summed E-state index contributed by atoms with van der Waals surface area (Å²) in [5.41, 5.74) is 0.578. The number of pyridine rings is 1. The lowest BCUT2D eigenvalue weighted by molar-refractivity contribution is -0.385. The lowest BCUT2D eigenvalue weighted by Crippen LogP contribution is -2.23. The van der Waals surface area contributed by atoms with Gasteiger partial charge in [0.25, 0.3) is 11.6 Å². The maximum atomic E-state index is 12.0. The Kier molecular flexibility index (Phi) is 4.45. The van der Waals surface area contributed by atoms with Gasteiger partial charge in [-0.15, -0.1) is 0 Å². The van der Waals surface area contributed by atoms with E-state index >= 15 is 0 Å². The van der Waals surface area contributed by atoms with Gasteiger partial charge in [0.05, 0.1) is 12.0 Å². The molecule has 7 nitrogen and oxygen atoms in total. The first kappa shape index (κ1) is 14.4. The van der Waals surface area contributed by atoms with Crippen LogP contribution in [0.4, 0.5) is 5.69 Å². The van der Waals surface area contributed by atoms with Crippen LogP contribution in [0.3, 0.4) is 0 Å². The predicted octanol–water partition coefficient (Wildman–Crippen LogP) is 1.93. The van der Waals surface area contributed by atoms with Crippen LogP contribution in [-0.4, -0.2) is 22.9 Å². The molecule has 0 saturated carbocycles. The highest BCUT2D eigenvalue weighted by Gasteiger charge is 2.18. The minimum Gasteiger partial charge on any atom is -0.481 e. The van der Waals surface area contributed by atoms with Crippen LogP contribution in [0.25, 0.3) is 0 Å². The second kappa shape index (κ2) is 6.47. The number of para-hydroxylation sites is 1. The van der Waals surface area contributed by atoms with Crippen molar-refractivity contribution >= 4 is 11.6 Å². The molecule has 0 aliphatic rings. The maximum absolute atomic E-state index is 12.0. The summed E-state index contributed by atoms with van der Waals surface area (Å²) in [6.45, 7) is 0.224. The van der Waals surface area contributed by atoms with Crippen molar-refractivity contribution in [3.8, 4) is 5.88 Å². The third-order valence-corrected chi connectivity index (χ3v) is 2.81. The van der Waals surface area contributed by atoms with Crippen LogP contribution in [0.2, 0.25) is 0 Å². The first-order valence-electron chi connectivity index (χ1n) is 6.12. The van der Waals surface area contributed by atoms with E-state index in [1.807, 2.05) is 0 Å². The molecule has 0 radical (unpaired) electrons. The fourth-order valence-electron chi connectivity index (χ4n) is 1.74. The summed E-state index contributed by atoms with van der Waals surface area (Å²) < 4.78 is 4.93. The minimum atomic E-state index is -0.580. The monoisotopic (exact) mass is 287 g/mol. The lowest BCUT2D eigenvalue weighted by atomic mass is 10.1. The van der Waals surface area contributed by atoms with Crippen LogP contribution >= 0.6 is 0 Å². The largest absolute Gasteiger partial charge is 0.481 e. The number of hydrogen-bond acceptors (Lipinski definition) is 5. The molecule has 0 fully saturated rings. The molecule has 1 aromatic carbocycles. The number of ether oxygens (including phenoxy) is 1. The number of nitro groups is 1. The number of nitrogens with zero attached hydrogens (tertiary/aromatic N) is 2. The Hall–Kier alpha value is -2.96. The number of carbonyl (C=O) groups is 1. The summed E-state index contributed by atoms with van der Waals surface area (Å²) in [6, 6.07) is 9.24. The molecule has 2 rings (SSSR count). The van der Waals surface area contributed by atoms with Crippen LogP contribution in [0.1, 0.15) is 15.9 Å².